The second-order valence-electron chi connectivity index (χ2n) is 5.70. The molecule has 0 aliphatic carbocycles. The van der Waals surface area contributed by atoms with E-state index in [-0.39, 0.29) is 5.82 Å². The van der Waals surface area contributed by atoms with Gasteiger partial charge in [0.25, 0.3) is 0 Å². The first-order valence-corrected chi connectivity index (χ1v) is 7.12. The van der Waals surface area contributed by atoms with Gasteiger partial charge >= 0.3 is 0 Å². The van der Waals surface area contributed by atoms with E-state index in [9.17, 15) is 4.39 Å². The molecule has 0 amide bonds. The minimum absolute atomic E-state index is 0.322. The molecular formula is C15H24FN3O. The van der Waals surface area contributed by atoms with Crippen molar-refractivity contribution in [2.45, 2.75) is 26.3 Å². The van der Waals surface area contributed by atoms with Gasteiger partial charge in [-0.3, -0.25) is 0 Å². The van der Waals surface area contributed by atoms with Gasteiger partial charge in [0.05, 0.1) is 18.5 Å². The number of hydrogen-bond donors (Lipinski definition) is 2. The number of methoxy groups -OCH3 is 1. The quantitative estimate of drug-likeness (QED) is 0.814. The zero-order valence-electron chi connectivity index (χ0n) is 12.4. The van der Waals surface area contributed by atoms with Crippen molar-refractivity contribution >= 4 is 11.4 Å². The van der Waals surface area contributed by atoms with Crippen molar-refractivity contribution in [2.75, 3.05) is 37.8 Å². The zero-order valence-corrected chi connectivity index (χ0v) is 12.4. The Morgan fingerprint density at radius 3 is 2.85 bits per heavy atom. The number of anilines is 2. The van der Waals surface area contributed by atoms with Crippen LogP contribution in [0.1, 0.15) is 20.3 Å². The lowest BCUT2D eigenvalue weighted by atomic mass is 10.1. The van der Waals surface area contributed by atoms with Crippen molar-refractivity contribution in [3.8, 4) is 5.75 Å². The molecule has 4 nitrogen and oxygen atoms in total. The van der Waals surface area contributed by atoms with Crippen LogP contribution in [-0.4, -0.2) is 37.7 Å². The first-order valence-electron chi connectivity index (χ1n) is 7.12. The fourth-order valence-electron chi connectivity index (χ4n) is 2.63. The van der Waals surface area contributed by atoms with Crippen molar-refractivity contribution < 1.29 is 9.13 Å². The Morgan fingerprint density at radius 1 is 1.50 bits per heavy atom. The van der Waals surface area contributed by atoms with Gasteiger partial charge in [-0.25, -0.2) is 4.39 Å². The second-order valence-corrected chi connectivity index (χ2v) is 5.70. The molecule has 1 fully saturated rings. The summed E-state index contributed by atoms with van der Waals surface area (Å²) in [5.74, 6) is 0.728. The Kier molecular flexibility index (Phi) is 4.70. The number of hydrogen-bond acceptors (Lipinski definition) is 4. The maximum absolute atomic E-state index is 13.8. The van der Waals surface area contributed by atoms with Crippen LogP contribution < -0.4 is 15.8 Å². The molecule has 0 radical (unpaired) electrons. The zero-order chi connectivity index (χ0) is 14.7. The van der Waals surface area contributed by atoms with Crippen LogP contribution in [0, 0.1) is 11.7 Å². The lowest BCUT2D eigenvalue weighted by molar-refractivity contribution is 0.266. The Hall–Kier alpha value is -1.49. The molecule has 1 unspecified atom stereocenters. The fourth-order valence-corrected chi connectivity index (χ4v) is 2.63. The van der Waals surface area contributed by atoms with E-state index in [0.29, 0.717) is 29.1 Å². The predicted octanol–water partition coefficient (Wildman–Crippen LogP) is 2.56. The van der Waals surface area contributed by atoms with Gasteiger partial charge in [0.1, 0.15) is 11.6 Å². The molecule has 0 aromatic heterocycles. The van der Waals surface area contributed by atoms with Gasteiger partial charge < -0.3 is 20.7 Å². The molecule has 1 aromatic rings. The summed E-state index contributed by atoms with van der Waals surface area (Å²) in [5, 5.41) is 3.18. The van der Waals surface area contributed by atoms with Crippen molar-refractivity contribution in [1.29, 1.82) is 0 Å². The highest BCUT2D eigenvalue weighted by Gasteiger charge is 2.24. The van der Waals surface area contributed by atoms with E-state index in [1.807, 2.05) is 0 Å². The van der Waals surface area contributed by atoms with Gasteiger partial charge in [-0.05, 0) is 32.7 Å². The van der Waals surface area contributed by atoms with E-state index < -0.39 is 0 Å². The van der Waals surface area contributed by atoms with Crippen LogP contribution in [0.15, 0.2) is 12.1 Å². The molecule has 0 saturated carbocycles. The SMILES string of the molecule is COc1cc(NCC2CCN(C(C)C)C2)c(F)cc1N. The molecule has 3 N–H and O–H groups in total. The summed E-state index contributed by atoms with van der Waals surface area (Å²) in [7, 11) is 1.53. The average molecular weight is 281 g/mol. The van der Waals surface area contributed by atoms with Crippen molar-refractivity contribution in [2.24, 2.45) is 5.92 Å². The Balaban J connectivity index is 1.95. The van der Waals surface area contributed by atoms with Crippen LogP contribution in [0.25, 0.3) is 0 Å². The molecule has 5 heteroatoms. The van der Waals surface area contributed by atoms with Gasteiger partial charge in [0.2, 0.25) is 0 Å². The van der Waals surface area contributed by atoms with Gasteiger partial charge in [-0.1, -0.05) is 0 Å². The van der Waals surface area contributed by atoms with E-state index in [4.69, 9.17) is 10.5 Å². The monoisotopic (exact) mass is 281 g/mol. The second kappa shape index (κ2) is 6.31. The van der Waals surface area contributed by atoms with E-state index in [1.54, 1.807) is 6.07 Å². The maximum Gasteiger partial charge on any atom is 0.148 e. The molecule has 1 aromatic carbocycles. The standard InChI is InChI=1S/C15H24FN3O/c1-10(2)19-5-4-11(9-19)8-18-14-7-15(20-3)13(17)6-12(14)16/h6-7,10-11,18H,4-5,8-9,17H2,1-3H3. The number of nitrogen functional groups attached to an aromatic ring is 1. The van der Waals surface area contributed by atoms with Gasteiger partial charge in [0.15, 0.2) is 0 Å². The minimum atomic E-state index is -0.331. The van der Waals surface area contributed by atoms with Crippen LogP contribution in [0.4, 0.5) is 15.8 Å². The number of nitrogens with one attached hydrogen (secondary N) is 1. The summed E-state index contributed by atoms with van der Waals surface area (Å²) in [6.07, 6.45) is 1.15. The summed E-state index contributed by atoms with van der Waals surface area (Å²) >= 11 is 0. The third-order valence-corrected chi connectivity index (χ3v) is 3.95. The number of ether oxygens (including phenoxy) is 1. The van der Waals surface area contributed by atoms with Gasteiger partial charge in [0, 0.05) is 31.3 Å². The minimum Gasteiger partial charge on any atom is -0.495 e. The first-order chi connectivity index (χ1) is 9.51. The molecule has 2 rings (SSSR count). The van der Waals surface area contributed by atoms with Crippen LogP contribution in [-0.2, 0) is 0 Å². The molecule has 1 atom stereocenters. The third-order valence-electron chi connectivity index (χ3n) is 3.95. The van der Waals surface area contributed by atoms with Crippen LogP contribution >= 0.6 is 0 Å². The average Bonchev–Trinajstić information content (AvgIpc) is 2.87. The first kappa shape index (κ1) is 14.9. The highest BCUT2D eigenvalue weighted by Crippen LogP contribution is 2.29. The van der Waals surface area contributed by atoms with Gasteiger partial charge in [-0.15, -0.1) is 0 Å². The van der Waals surface area contributed by atoms with Gasteiger partial charge in [-0.2, -0.15) is 0 Å². The number of nitrogens with zero attached hydrogens (tertiary/aromatic N) is 1. The maximum atomic E-state index is 13.8. The summed E-state index contributed by atoms with van der Waals surface area (Å²) < 4.78 is 19.0. The lowest BCUT2D eigenvalue weighted by Crippen LogP contribution is -2.29. The Bertz CT molecular complexity index is 465. The third kappa shape index (κ3) is 3.33. The van der Waals surface area contributed by atoms with Crippen LogP contribution in [0.3, 0.4) is 0 Å². The largest absolute Gasteiger partial charge is 0.495 e. The predicted molar refractivity (Wildman–Crippen MR) is 80.7 cm³/mol. The normalized spacial score (nSPS) is 19.6. The van der Waals surface area contributed by atoms with Crippen LogP contribution in [0.2, 0.25) is 0 Å². The van der Waals surface area contributed by atoms with E-state index in [0.717, 1.165) is 26.1 Å². The summed E-state index contributed by atoms with van der Waals surface area (Å²) in [4.78, 5) is 2.45. The van der Waals surface area contributed by atoms with Crippen molar-refractivity contribution in [3.63, 3.8) is 0 Å². The Labute approximate surface area is 120 Å². The van der Waals surface area contributed by atoms with E-state index in [2.05, 4.69) is 24.1 Å². The summed E-state index contributed by atoms with van der Waals surface area (Å²) in [6.45, 7) is 7.38. The molecule has 0 bridgehead atoms. The number of likely N-dealkylation sites (tertiary alicyclic amines) is 1. The highest BCUT2D eigenvalue weighted by atomic mass is 19.1. The summed E-state index contributed by atoms with van der Waals surface area (Å²) in [6, 6.07) is 3.50. The number of nitrogens with two attached hydrogens (primary N) is 1. The molecule has 1 aliphatic heterocycles. The topological polar surface area (TPSA) is 50.5 Å². The number of benzene rings is 1. The van der Waals surface area contributed by atoms with Crippen molar-refractivity contribution in [3.05, 3.63) is 17.9 Å². The Morgan fingerprint density at radius 2 is 2.25 bits per heavy atom. The van der Waals surface area contributed by atoms with Crippen LogP contribution in [0.5, 0.6) is 5.75 Å². The summed E-state index contributed by atoms with van der Waals surface area (Å²) in [5.41, 5.74) is 6.45. The fraction of sp³-hybridized carbons (Fsp3) is 0.600. The molecule has 1 aliphatic rings. The van der Waals surface area contributed by atoms with E-state index in [1.165, 1.54) is 13.2 Å². The molecule has 1 heterocycles. The molecular weight excluding hydrogens is 257 g/mol. The lowest BCUT2D eigenvalue weighted by Gasteiger charge is -2.20. The van der Waals surface area contributed by atoms with E-state index >= 15 is 0 Å². The number of rotatable bonds is 5. The molecule has 1 saturated heterocycles. The molecule has 0 spiro atoms. The number of halogens is 1. The molecule has 20 heavy (non-hydrogen) atoms. The smallest absolute Gasteiger partial charge is 0.148 e. The molecule has 112 valence electrons. The highest BCUT2D eigenvalue weighted by molar-refractivity contribution is 5.62. The van der Waals surface area contributed by atoms with Crippen molar-refractivity contribution in [1.82, 2.24) is 4.90 Å².